The fourth-order valence-corrected chi connectivity index (χ4v) is 3.61. The van der Waals surface area contributed by atoms with Gasteiger partial charge in [-0.25, -0.2) is 0 Å². The van der Waals surface area contributed by atoms with E-state index in [1.165, 1.54) is 11.3 Å². The Morgan fingerprint density at radius 2 is 2.44 bits per heavy atom. The first-order chi connectivity index (χ1) is 8.74. The van der Waals surface area contributed by atoms with Gasteiger partial charge >= 0.3 is 0 Å². The van der Waals surface area contributed by atoms with Gasteiger partial charge in [-0.3, -0.25) is 9.48 Å². The maximum absolute atomic E-state index is 12.3. The van der Waals surface area contributed by atoms with Crippen LogP contribution in [0.4, 0.5) is 0 Å². The Morgan fingerprint density at radius 3 is 3.11 bits per heavy atom. The van der Waals surface area contributed by atoms with Crippen molar-refractivity contribution in [2.75, 3.05) is 13.1 Å². The van der Waals surface area contributed by atoms with Crippen molar-refractivity contribution >= 4 is 33.2 Å². The maximum Gasteiger partial charge on any atom is 0.264 e. The molecule has 3 heterocycles. The van der Waals surface area contributed by atoms with E-state index in [9.17, 15) is 4.79 Å². The first-order valence-electron chi connectivity index (χ1n) is 5.76. The summed E-state index contributed by atoms with van der Waals surface area (Å²) in [6, 6.07) is 4.11. The molecule has 18 heavy (non-hydrogen) atoms. The molecule has 0 radical (unpaired) electrons. The van der Waals surface area contributed by atoms with E-state index in [4.69, 9.17) is 0 Å². The molecule has 2 aromatic rings. The van der Waals surface area contributed by atoms with Crippen molar-refractivity contribution in [2.24, 2.45) is 0 Å². The van der Waals surface area contributed by atoms with Crippen LogP contribution in [0.3, 0.4) is 0 Å². The first-order valence-corrected chi connectivity index (χ1v) is 7.44. The highest BCUT2D eigenvalue weighted by Gasteiger charge is 2.28. The Kier molecular flexibility index (Phi) is 3.22. The first kappa shape index (κ1) is 11.9. The molecule has 0 aliphatic carbocycles. The minimum Gasteiger partial charge on any atom is -0.336 e. The number of hydrogen-bond acceptors (Lipinski definition) is 3. The highest BCUT2D eigenvalue weighted by Crippen LogP contribution is 2.26. The maximum atomic E-state index is 12.3. The lowest BCUT2D eigenvalue weighted by molar-refractivity contribution is 0.0792. The number of nitrogens with zero attached hydrogens (tertiary/aromatic N) is 3. The lowest BCUT2D eigenvalue weighted by Gasteiger charge is -2.15. The lowest BCUT2D eigenvalue weighted by Crippen LogP contribution is -2.28. The Balaban J connectivity index is 1.70. The molecule has 0 N–H and O–H groups in total. The van der Waals surface area contributed by atoms with Gasteiger partial charge in [-0.1, -0.05) is 0 Å². The summed E-state index contributed by atoms with van der Waals surface area (Å²) in [4.78, 5) is 15.0. The molecule has 1 unspecified atom stereocenters. The largest absolute Gasteiger partial charge is 0.336 e. The van der Waals surface area contributed by atoms with Gasteiger partial charge in [-0.15, -0.1) is 11.3 Å². The predicted octanol–water partition coefficient (Wildman–Crippen LogP) is 2.79. The van der Waals surface area contributed by atoms with E-state index < -0.39 is 0 Å². The summed E-state index contributed by atoms with van der Waals surface area (Å²) in [7, 11) is 0. The third-order valence-corrected chi connectivity index (χ3v) is 4.81. The average Bonchev–Trinajstić information content (AvgIpc) is 3.09. The van der Waals surface area contributed by atoms with E-state index >= 15 is 0 Å². The van der Waals surface area contributed by atoms with Gasteiger partial charge < -0.3 is 4.90 Å². The molecule has 0 saturated carbocycles. The van der Waals surface area contributed by atoms with Gasteiger partial charge in [0.15, 0.2) is 0 Å². The minimum atomic E-state index is 0.125. The minimum absolute atomic E-state index is 0.125. The molecule has 0 spiro atoms. The summed E-state index contributed by atoms with van der Waals surface area (Å²) in [5.41, 5.74) is 0. The normalized spacial score (nSPS) is 19.4. The van der Waals surface area contributed by atoms with Crippen LogP contribution in [0.25, 0.3) is 0 Å². The summed E-state index contributed by atoms with van der Waals surface area (Å²) < 4.78 is 2.91. The zero-order chi connectivity index (χ0) is 12.5. The monoisotopic (exact) mass is 325 g/mol. The van der Waals surface area contributed by atoms with E-state index in [1.807, 2.05) is 33.3 Å². The van der Waals surface area contributed by atoms with E-state index in [0.717, 1.165) is 28.9 Å². The van der Waals surface area contributed by atoms with Crippen LogP contribution < -0.4 is 0 Å². The molecule has 1 atom stereocenters. The van der Waals surface area contributed by atoms with Gasteiger partial charge in [0, 0.05) is 35.3 Å². The fraction of sp³-hybridized carbons (Fsp3) is 0.333. The van der Waals surface area contributed by atoms with Crippen LogP contribution in [0.1, 0.15) is 22.1 Å². The van der Waals surface area contributed by atoms with Crippen molar-refractivity contribution in [3.8, 4) is 0 Å². The molecule has 4 nitrogen and oxygen atoms in total. The van der Waals surface area contributed by atoms with Crippen molar-refractivity contribution in [1.82, 2.24) is 14.7 Å². The second-order valence-corrected chi connectivity index (χ2v) is 6.14. The molecule has 3 rings (SSSR count). The molecular weight excluding hydrogens is 314 g/mol. The second kappa shape index (κ2) is 4.85. The standard InChI is InChI=1S/C12H12BrN3OS/c13-9-6-11(18-8-9)12(17)15-5-2-10(7-15)16-4-1-3-14-16/h1,3-4,6,8,10H,2,5,7H2. The van der Waals surface area contributed by atoms with Gasteiger partial charge in [0.05, 0.1) is 10.9 Å². The van der Waals surface area contributed by atoms with Gasteiger partial charge in [-0.05, 0) is 34.5 Å². The van der Waals surface area contributed by atoms with Crippen LogP contribution in [0, 0.1) is 0 Å². The Morgan fingerprint density at radius 1 is 1.56 bits per heavy atom. The highest BCUT2D eigenvalue weighted by atomic mass is 79.9. The number of thiophene rings is 1. The van der Waals surface area contributed by atoms with Crippen LogP contribution in [-0.4, -0.2) is 33.7 Å². The molecule has 1 fully saturated rings. The molecule has 1 aliphatic heterocycles. The van der Waals surface area contributed by atoms with E-state index in [2.05, 4.69) is 21.0 Å². The lowest BCUT2D eigenvalue weighted by atomic mass is 10.3. The third kappa shape index (κ3) is 2.22. The molecular formula is C12H12BrN3OS. The van der Waals surface area contributed by atoms with E-state index in [-0.39, 0.29) is 5.91 Å². The van der Waals surface area contributed by atoms with Crippen LogP contribution in [-0.2, 0) is 0 Å². The summed E-state index contributed by atoms with van der Waals surface area (Å²) in [6.07, 6.45) is 4.71. The average molecular weight is 326 g/mol. The van der Waals surface area contributed by atoms with Crippen molar-refractivity contribution in [2.45, 2.75) is 12.5 Å². The second-order valence-electron chi connectivity index (χ2n) is 4.31. The number of hydrogen-bond donors (Lipinski definition) is 0. The van der Waals surface area contributed by atoms with Crippen LogP contribution >= 0.6 is 27.3 Å². The predicted molar refractivity (Wildman–Crippen MR) is 73.8 cm³/mol. The van der Waals surface area contributed by atoms with Crippen molar-refractivity contribution in [3.05, 3.63) is 39.3 Å². The molecule has 1 saturated heterocycles. The topological polar surface area (TPSA) is 38.1 Å². The summed E-state index contributed by atoms with van der Waals surface area (Å²) >= 11 is 4.86. The number of carbonyl (C=O) groups is 1. The van der Waals surface area contributed by atoms with Crippen molar-refractivity contribution in [3.63, 3.8) is 0 Å². The molecule has 6 heteroatoms. The van der Waals surface area contributed by atoms with E-state index in [1.54, 1.807) is 6.20 Å². The molecule has 2 aromatic heterocycles. The van der Waals surface area contributed by atoms with Crippen molar-refractivity contribution < 1.29 is 4.79 Å². The van der Waals surface area contributed by atoms with Gasteiger partial charge in [0.25, 0.3) is 5.91 Å². The van der Waals surface area contributed by atoms with Gasteiger partial charge in [0.1, 0.15) is 0 Å². The molecule has 0 bridgehead atoms. The van der Waals surface area contributed by atoms with Crippen LogP contribution in [0.5, 0.6) is 0 Å². The number of likely N-dealkylation sites (tertiary alicyclic amines) is 1. The third-order valence-electron chi connectivity index (χ3n) is 3.13. The molecule has 0 aromatic carbocycles. The number of halogens is 1. The number of carbonyl (C=O) groups excluding carboxylic acids is 1. The highest BCUT2D eigenvalue weighted by molar-refractivity contribution is 9.10. The number of aromatic nitrogens is 2. The van der Waals surface area contributed by atoms with Gasteiger partial charge in [-0.2, -0.15) is 5.10 Å². The Hall–Kier alpha value is -1.14. The summed E-state index contributed by atoms with van der Waals surface area (Å²) in [5.74, 6) is 0.125. The van der Waals surface area contributed by atoms with E-state index in [0.29, 0.717) is 6.04 Å². The quantitative estimate of drug-likeness (QED) is 0.851. The molecule has 1 aliphatic rings. The number of amides is 1. The zero-order valence-corrected chi connectivity index (χ0v) is 12.0. The summed E-state index contributed by atoms with van der Waals surface area (Å²) in [6.45, 7) is 1.55. The molecule has 94 valence electrons. The van der Waals surface area contributed by atoms with Crippen LogP contribution in [0.2, 0.25) is 0 Å². The van der Waals surface area contributed by atoms with Gasteiger partial charge in [0.2, 0.25) is 0 Å². The smallest absolute Gasteiger partial charge is 0.264 e. The summed E-state index contributed by atoms with van der Waals surface area (Å²) in [5, 5.41) is 6.18. The Bertz CT molecular complexity index is 551. The SMILES string of the molecule is O=C(c1cc(Br)cs1)N1CCC(n2cccn2)C1. The Labute approximate surface area is 117 Å². The zero-order valence-electron chi connectivity index (χ0n) is 9.62. The van der Waals surface area contributed by atoms with Crippen LogP contribution in [0.15, 0.2) is 34.4 Å². The fourth-order valence-electron chi connectivity index (χ4n) is 2.22. The van der Waals surface area contributed by atoms with Crippen molar-refractivity contribution in [1.29, 1.82) is 0 Å². The number of rotatable bonds is 2. The molecule has 1 amide bonds.